The van der Waals surface area contributed by atoms with Crippen molar-refractivity contribution in [1.82, 2.24) is 24.8 Å². The van der Waals surface area contributed by atoms with Crippen LogP contribution in [0.1, 0.15) is 16.2 Å². The van der Waals surface area contributed by atoms with Crippen molar-refractivity contribution in [2.75, 3.05) is 0 Å². The van der Waals surface area contributed by atoms with E-state index in [9.17, 15) is 9.18 Å². The number of aryl methyl sites for hydroxylation is 1. The Balaban J connectivity index is 1.69. The van der Waals surface area contributed by atoms with Gasteiger partial charge in [-0.3, -0.25) is 4.68 Å². The highest BCUT2D eigenvalue weighted by atomic mass is 35.5. The summed E-state index contributed by atoms with van der Waals surface area (Å²) in [4.78, 5) is 11.9. The molecular formula is C14H11ClFN5O2. The molecule has 0 saturated carbocycles. The predicted molar refractivity (Wildman–Crippen MR) is 78.7 cm³/mol. The third-order valence-electron chi connectivity index (χ3n) is 3.09. The summed E-state index contributed by atoms with van der Waals surface area (Å²) in [6.07, 6.45) is 3.07. The van der Waals surface area contributed by atoms with E-state index in [0.29, 0.717) is 17.1 Å². The SMILES string of the molecule is Cn1nccc1C(=O)OCc1cn(-c2ccc(F)c(Cl)c2)nn1. The summed E-state index contributed by atoms with van der Waals surface area (Å²) in [7, 11) is 1.64. The van der Waals surface area contributed by atoms with E-state index in [1.165, 1.54) is 33.8 Å². The van der Waals surface area contributed by atoms with Gasteiger partial charge in [0.25, 0.3) is 0 Å². The fraction of sp³-hybridized carbons (Fsp3) is 0.143. The molecule has 0 fully saturated rings. The highest BCUT2D eigenvalue weighted by Gasteiger charge is 2.13. The first-order valence-corrected chi connectivity index (χ1v) is 6.94. The van der Waals surface area contributed by atoms with E-state index in [2.05, 4.69) is 15.4 Å². The second-order valence-electron chi connectivity index (χ2n) is 4.67. The van der Waals surface area contributed by atoms with Crippen molar-refractivity contribution in [2.24, 2.45) is 7.05 Å². The van der Waals surface area contributed by atoms with Crippen LogP contribution in [0.2, 0.25) is 5.02 Å². The molecule has 9 heteroatoms. The Morgan fingerprint density at radius 1 is 1.39 bits per heavy atom. The van der Waals surface area contributed by atoms with Gasteiger partial charge in [0.05, 0.1) is 16.9 Å². The Morgan fingerprint density at radius 3 is 2.91 bits per heavy atom. The van der Waals surface area contributed by atoms with Crippen molar-refractivity contribution in [1.29, 1.82) is 0 Å². The van der Waals surface area contributed by atoms with E-state index >= 15 is 0 Å². The zero-order valence-electron chi connectivity index (χ0n) is 12.0. The largest absolute Gasteiger partial charge is 0.454 e. The van der Waals surface area contributed by atoms with E-state index in [0.717, 1.165) is 0 Å². The van der Waals surface area contributed by atoms with E-state index in [-0.39, 0.29) is 11.6 Å². The van der Waals surface area contributed by atoms with Gasteiger partial charge in [-0.2, -0.15) is 5.10 Å². The number of hydrogen-bond acceptors (Lipinski definition) is 5. The van der Waals surface area contributed by atoms with Crippen molar-refractivity contribution in [3.63, 3.8) is 0 Å². The first-order valence-electron chi connectivity index (χ1n) is 6.56. The number of benzene rings is 1. The van der Waals surface area contributed by atoms with E-state index in [1.54, 1.807) is 19.3 Å². The Hall–Kier alpha value is -2.74. The maximum atomic E-state index is 13.2. The van der Waals surface area contributed by atoms with Crippen LogP contribution < -0.4 is 0 Å². The molecule has 2 heterocycles. The van der Waals surface area contributed by atoms with Gasteiger partial charge in [-0.25, -0.2) is 13.9 Å². The number of hydrogen-bond donors (Lipinski definition) is 0. The van der Waals surface area contributed by atoms with Crippen molar-refractivity contribution in [3.05, 3.63) is 58.9 Å². The lowest BCUT2D eigenvalue weighted by molar-refractivity contribution is 0.0455. The summed E-state index contributed by atoms with van der Waals surface area (Å²) in [5.74, 6) is -1.02. The first kappa shape index (κ1) is 15.2. The highest BCUT2D eigenvalue weighted by Crippen LogP contribution is 2.18. The van der Waals surface area contributed by atoms with E-state index in [4.69, 9.17) is 16.3 Å². The van der Waals surface area contributed by atoms with E-state index < -0.39 is 11.8 Å². The minimum Gasteiger partial charge on any atom is -0.454 e. The van der Waals surface area contributed by atoms with Crippen LogP contribution in [-0.4, -0.2) is 30.7 Å². The average molecular weight is 336 g/mol. The van der Waals surface area contributed by atoms with Crippen molar-refractivity contribution < 1.29 is 13.9 Å². The van der Waals surface area contributed by atoms with Gasteiger partial charge in [0.1, 0.15) is 23.8 Å². The van der Waals surface area contributed by atoms with Gasteiger partial charge in [-0.15, -0.1) is 5.10 Å². The van der Waals surface area contributed by atoms with Crippen LogP contribution in [-0.2, 0) is 18.4 Å². The van der Waals surface area contributed by atoms with Crippen LogP contribution in [0.5, 0.6) is 0 Å². The summed E-state index contributed by atoms with van der Waals surface area (Å²) in [5.41, 5.74) is 1.33. The van der Waals surface area contributed by atoms with Gasteiger partial charge >= 0.3 is 5.97 Å². The number of esters is 1. The van der Waals surface area contributed by atoms with Crippen LogP contribution in [0, 0.1) is 5.82 Å². The molecule has 0 N–H and O–H groups in total. The van der Waals surface area contributed by atoms with E-state index in [1.807, 2.05) is 0 Å². The Kier molecular flexibility index (Phi) is 4.07. The lowest BCUT2D eigenvalue weighted by Gasteiger charge is -2.02. The summed E-state index contributed by atoms with van der Waals surface area (Å²) in [6, 6.07) is 5.74. The normalized spacial score (nSPS) is 10.7. The fourth-order valence-electron chi connectivity index (χ4n) is 1.91. The average Bonchev–Trinajstić information content (AvgIpc) is 3.16. The molecule has 0 aliphatic rings. The summed E-state index contributed by atoms with van der Waals surface area (Å²) >= 11 is 5.73. The molecule has 0 radical (unpaired) electrons. The number of nitrogens with zero attached hydrogens (tertiary/aromatic N) is 5. The molecule has 2 aromatic heterocycles. The van der Waals surface area contributed by atoms with Gasteiger partial charge in [0.15, 0.2) is 0 Å². The summed E-state index contributed by atoms with van der Waals surface area (Å²) < 4.78 is 21.1. The van der Waals surface area contributed by atoms with Gasteiger partial charge in [-0.05, 0) is 24.3 Å². The van der Waals surface area contributed by atoms with Gasteiger partial charge in [0.2, 0.25) is 0 Å². The predicted octanol–water partition coefficient (Wildman–Crippen LogP) is 2.15. The molecule has 0 amide bonds. The molecular weight excluding hydrogens is 325 g/mol. The van der Waals surface area contributed by atoms with Gasteiger partial charge < -0.3 is 4.74 Å². The first-order chi connectivity index (χ1) is 11.0. The third kappa shape index (κ3) is 3.21. The van der Waals surface area contributed by atoms with Crippen LogP contribution in [0.15, 0.2) is 36.7 Å². The second kappa shape index (κ2) is 6.17. The number of aromatic nitrogens is 5. The molecule has 0 bridgehead atoms. The molecule has 118 valence electrons. The number of carbonyl (C=O) groups is 1. The van der Waals surface area contributed by atoms with Crippen molar-refractivity contribution in [3.8, 4) is 5.69 Å². The van der Waals surface area contributed by atoms with Crippen LogP contribution in [0.25, 0.3) is 5.69 Å². The standard InChI is InChI=1S/C14H11ClFN5O2/c1-20-13(4-5-17-20)14(22)23-8-9-7-21(19-18-9)10-2-3-12(16)11(15)6-10/h2-7H,8H2,1H3. The monoisotopic (exact) mass is 335 g/mol. The topological polar surface area (TPSA) is 74.8 Å². The maximum absolute atomic E-state index is 13.2. The number of rotatable bonds is 4. The van der Waals surface area contributed by atoms with Crippen molar-refractivity contribution >= 4 is 17.6 Å². The summed E-state index contributed by atoms with van der Waals surface area (Å²) in [5, 5.41) is 11.7. The highest BCUT2D eigenvalue weighted by molar-refractivity contribution is 6.30. The minimum atomic E-state index is -0.513. The quantitative estimate of drug-likeness (QED) is 0.683. The molecule has 23 heavy (non-hydrogen) atoms. The molecule has 3 rings (SSSR count). The van der Waals surface area contributed by atoms with Crippen molar-refractivity contribution in [2.45, 2.75) is 6.61 Å². The van der Waals surface area contributed by atoms with Crippen LogP contribution in [0.3, 0.4) is 0 Å². The third-order valence-corrected chi connectivity index (χ3v) is 3.38. The molecule has 0 saturated heterocycles. The zero-order valence-corrected chi connectivity index (χ0v) is 12.7. The molecule has 0 atom stereocenters. The summed E-state index contributed by atoms with van der Waals surface area (Å²) in [6.45, 7) is -0.0427. The lowest BCUT2D eigenvalue weighted by Crippen LogP contribution is -2.10. The Bertz CT molecular complexity index is 860. The number of halogens is 2. The van der Waals surface area contributed by atoms with Crippen LogP contribution in [0.4, 0.5) is 4.39 Å². The molecule has 0 unspecified atom stereocenters. The number of ether oxygens (including phenoxy) is 1. The van der Waals surface area contributed by atoms with Gasteiger partial charge in [-0.1, -0.05) is 16.8 Å². The smallest absolute Gasteiger partial charge is 0.356 e. The zero-order chi connectivity index (χ0) is 16.4. The number of carbonyl (C=O) groups excluding carboxylic acids is 1. The molecule has 1 aromatic carbocycles. The molecule has 0 aliphatic carbocycles. The fourth-order valence-corrected chi connectivity index (χ4v) is 2.08. The molecule has 3 aromatic rings. The Morgan fingerprint density at radius 2 is 2.22 bits per heavy atom. The minimum absolute atomic E-state index is 0.0119. The van der Waals surface area contributed by atoms with Gasteiger partial charge in [0, 0.05) is 13.2 Å². The molecule has 0 aliphatic heterocycles. The molecule has 0 spiro atoms. The Labute approximate surface area is 135 Å². The lowest BCUT2D eigenvalue weighted by atomic mass is 10.3. The maximum Gasteiger partial charge on any atom is 0.356 e. The second-order valence-corrected chi connectivity index (χ2v) is 5.08. The molecule has 7 nitrogen and oxygen atoms in total. The van der Waals surface area contributed by atoms with Crippen LogP contribution >= 0.6 is 11.6 Å².